The highest BCUT2D eigenvalue weighted by molar-refractivity contribution is 7.07. The molecular weight excluding hydrogens is 339 g/mol. The van der Waals surface area contributed by atoms with Crippen LogP contribution in [-0.4, -0.2) is 22.3 Å². The lowest BCUT2D eigenvalue weighted by atomic mass is 10.1. The van der Waals surface area contributed by atoms with Crippen molar-refractivity contribution in [1.29, 1.82) is 0 Å². The highest BCUT2D eigenvalue weighted by Gasteiger charge is 2.19. The molecule has 4 nitrogen and oxygen atoms in total. The summed E-state index contributed by atoms with van der Waals surface area (Å²) in [7, 11) is 0. The van der Waals surface area contributed by atoms with E-state index in [0.29, 0.717) is 36.4 Å². The molecule has 0 aliphatic rings. The molecule has 3 rings (SSSR count). The fourth-order valence-electron chi connectivity index (χ4n) is 2.53. The predicted octanol–water partition coefficient (Wildman–Crippen LogP) is 4.38. The summed E-state index contributed by atoms with van der Waals surface area (Å²) in [6, 6.07) is 8.29. The Morgan fingerprint density at radius 1 is 1.28 bits per heavy atom. The smallest absolute Gasteiger partial charge is 0.254 e. The van der Waals surface area contributed by atoms with Crippen molar-refractivity contribution in [1.82, 2.24) is 9.88 Å². The van der Waals surface area contributed by atoms with Gasteiger partial charge in [0.05, 0.1) is 17.7 Å². The van der Waals surface area contributed by atoms with Crippen LogP contribution in [-0.2, 0) is 13.0 Å². The minimum absolute atomic E-state index is 0.219. The largest absolute Gasteiger partial charge is 0.464 e. The molecule has 0 N–H and O–H groups in total. The molecule has 6 heteroatoms. The fraction of sp³-hybridized carbons (Fsp3) is 0.263. The normalized spacial score (nSPS) is 10.8. The average Bonchev–Trinajstić information content (AvgIpc) is 3.25. The standard InChI is InChI=1S/C19H19FN2O2S/c1-13-3-5-15(9-18(13)20)19(23)22(8-7-16-11-25-12-21-16)10-17-6-4-14(2)24-17/h3-6,9,11-12H,7-8,10H2,1-2H3. The number of hydrogen-bond donors (Lipinski definition) is 0. The molecule has 0 saturated carbocycles. The first kappa shape index (κ1) is 17.4. The van der Waals surface area contributed by atoms with Gasteiger partial charge in [-0.3, -0.25) is 4.79 Å². The molecule has 2 aromatic heterocycles. The number of furan rings is 1. The molecule has 2 heterocycles. The summed E-state index contributed by atoms with van der Waals surface area (Å²) in [6.07, 6.45) is 0.642. The van der Waals surface area contributed by atoms with Gasteiger partial charge in [0.15, 0.2) is 0 Å². The first-order chi connectivity index (χ1) is 12.0. The van der Waals surface area contributed by atoms with E-state index in [9.17, 15) is 9.18 Å². The summed E-state index contributed by atoms with van der Waals surface area (Å²) in [6.45, 7) is 4.36. The van der Waals surface area contributed by atoms with Crippen LogP contribution in [0.25, 0.3) is 0 Å². The summed E-state index contributed by atoms with van der Waals surface area (Å²) in [5.74, 6) is 0.905. The summed E-state index contributed by atoms with van der Waals surface area (Å²) >= 11 is 1.52. The summed E-state index contributed by atoms with van der Waals surface area (Å²) in [5.41, 5.74) is 3.57. The van der Waals surface area contributed by atoms with Crippen molar-refractivity contribution < 1.29 is 13.6 Å². The van der Waals surface area contributed by atoms with Crippen molar-refractivity contribution in [2.75, 3.05) is 6.54 Å². The van der Waals surface area contributed by atoms with E-state index >= 15 is 0 Å². The maximum absolute atomic E-state index is 13.8. The van der Waals surface area contributed by atoms with E-state index in [1.165, 1.54) is 17.4 Å². The highest BCUT2D eigenvalue weighted by atomic mass is 32.1. The quantitative estimate of drug-likeness (QED) is 0.657. The number of amides is 1. The van der Waals surface area contributed by atoms with Crippen molar-refractivity contribution in [3.05, 3.63) is 75.4 Å². The van der Waals surface area contributed by atoms with E-state index in [-0.39, 0.29) is 11.7 Å². The fourth-order valence-corrected chi connectivity index (χ4v) is 3.12. The monoisotopic (exact) mass is 358 g/mol. The summed E-state index contributed by atoms with van der Waals surface area (Å²) in [5, 5.41) is 1.96. The maximum atomic E-state index is 13.8. The van der Waals surface area contributed by atoms with Crippen LogP contribution in [0.1, 0.15) is 33.1 Å². The van der Waals surface area contributed by atoms with E-state index in [2.05, 4.69) is 4.98 Å². The molecule has 25 heavy (non-hydrogen) atoms. The molecule has 0 atom stereocenters. The zero-order chi connectivity index (χ0) is 17.8. The second-order valence-electron chi connectivity index (χ2n) is 5.93. The Morgan fingerprint density at radius 3 is 2.76 bits per heavy atom. The molecule has 130 valence electrons. The Labute approximate surface area is 149 Å². The predicted molar refractivity (Wildman–Crippen MR) is 95.1 cm³/mol. The van der Waals surface area contributed by atoms with E-state index in [4.69, 9.17) is 4.42 Å². The number of carbonyl (C=O) groups excluding carboxylic acids is 1. The van der Waals surface area contributed by atoms with Gasteiger partial charge in [0, 0.05) is 23.9 Å². The van der Waals surface area contributed by atoms with Gasteiger partial charge in [-0.2, -0.15) is 0 Å². The van der Waals surface area contributed by atoms with Crippen molar-refractivity contribution in [3.63, 3.8) is 0 Å². The highest BCUT2D eigenvalue weighted by Crippen LogP contribution is 2.16. The van der Waals surface area contributed by atoms with Crippen LogP contribution in [0.3, 0.4) is 0 Å². The molecule has 0 bridgehead atoms. The molecule has 0 radical (unpaired) electrons. The molecule has 0 aliphatic carbocycles. The van der Waals surface area contributed by atoms with Gasteiger partial charge in [0.1, 0.15) is 17.3 Å². The van der Waals surface area contributed by atoms with E-state index in [1.54, 1.807) is 29.5 Å². The van der Waals surface area contributed by atoms with Crippen LogP contribution in [0.4, 0.5) is 4.39 Å². The summed E-state index contributed by atoms with van der Waals surface area (Å²) < 4.78 is 19.4. The van der Waals surface area contributed by atoms with Crippen LogP contribution < -0.4 is 0 Å². The lowest BCUT2D eigenvalue weighted by Gasteiger charge is -2.21. The number of halogens is 1. The number of aromatic nitrogens is 1. The zero-order valence-corrected chi connectivity index (χ0v) is 15.0. The van der Waals surface area contributed by atoms with Crippen LogP contribution in [0, 0.1) is 19.7 Å². The van der Waals surface area contributed by atoms with Crippen LogP contribution in [0.5, 0.6) is 0 Å². The Bertz CT molecular complexity index is 858. The Hall–Kier alpha value is -2.47. The molecule has 1 aromatic carbocycles. The second-order valence-corrected chi connectivity index (χ2v) is 6.65. The third-order valence-electron chi connectivity index (χ3n) is 3.97. The third kappa shape index (κ3) is 4.33. The van der Waals surface area contributed by atoms with Gasteiger partial charge in [0.25, 0.3) is 5.91 Å². The number of carbonyl (C=O) groups is 1. The molecular formula is C19H19FN2O2S. The molecule has 0 saturated heterocycles. The average molecular weight is 358 g/mol. The number of benzene rings is 1. The van der Waals surface area contributed by atoms with Crippen molar-refractivity contribution in [3.8, 4) is 0 Å². The van der Waals surface area contributed by atoms with E-state index < -0.39 is 0 Å². The molecule has 0 spiro atoms. The molecule has 1 amide bonds. The van der Waals surface area contributed by atoms with Gasteiger partial charge in [0.2, 0.25) is 0 Å². The maximum Gasteiger partial charge on any atom is 0.254 e. The van der Waals surface area contributed by atoms with Gasteiger partial charge in [-0.25, -0.2) is 9.37 Å². The molecule has 0 unspecified atom stereocenters. The van der Waals surface area contributed by atoms with Crippen LogP contribution >= 0.6 is 11.3 Å². The minimum atomic E-state index is -0.376. The van der Waals surface area contributed by atoms with Gasteiger partial charge in [-0.15, -0.1) is 11.3 Å². The lowest BCUT2D eigenvalue weighted by Crippen LogP contribution is -2.32. The van der Waals surface area contributed by atoms with Gasteiger partial charge in [-0.05, 0) is 43.7 Å². The first-order valence-corrected chi connectivity index (χ1v) is 8.95. The third-order valence-corrected chi connectivity index (χ3v) is 4.61. The lowest BCUT2D eigenvalue weighted by molar-refractivity contribution is 0.0732. The SMILES string of the molecule is Cc1ccc(CN(CCc2cscn2)C(=O)c2ccc(C)c(F)c2)o1. The van der Waals surface area contributed by atoms with E-state index in [0.717, 1.165) is 11.5 Å². The van der Waals surface area contributed by atoms with Gasteiger partial charge in [-0.1, -0.05) is 6.07 Å². The minimum Gasteiger partial charge on any atom is -0.464 e. The van der Waals surface area contributed by atoms with Gasteiger partial charge < -0.3 is 9.32 Å². The number of hydrogen-bond acceptors (Lipinski definition) is 4. The Morgan fingerprint density at radius 2 is 2.12 bits per heavy atom. The van der Waals surface area contributed by atoms with Crippen molar-refractivity contribution in [2.45, 2.75) is 26.8 Å². The first-order valence-electron chi connectivity index (χ1n) is 8.01. The molecule has 0 fully saturated rings. The van der Waals surface area contributed by atoms with Crippen molar-refractivity contribution in [2.24, 2.45) is 0 Å². The van der Waals surface area contributed by atoms with Crippen LogP contribution in [0.2, 0.25) is 0 Å². The van der Waals surface area contributed by atoms with Gasteiger partial charge >= 0.3 is 0 Å². The van der Waals surface area contributed by atoms with Crippen molar-refractivity contribution >= 4 is 17.2 Å². The topological polar surface area (TPSA) is 46.3 Å². The molecule has 0 aliphatic heterocycles. The Balaban J connectivity index is 1.80. The van der Waals surface area contributed by atoms with Crippen LogP contribution in [0.15, 0.2) is 45.6 Å². The summed E-state index contributed by atoms with van der Waals surface area (Å²) in [4.78, 5) is 18.8. The zero-order valence-electron chi connectivity index (χ0n) is 14.2. The van der Waals surface area contributed by atoms with E-state index in [1.807, 2.05) is 24.4 Å². The number of aryl methyl sites for hydroxylation is 2. The number of nitrogens with zero attached hydrogens (tertiary/aromatic N) is 2. The number of rotatable bonds is 6. The number of thiazole rings is 1. The molecule has 3 aromatic rings. The Kier molecular flexibility index (Phi) is 5.28. The second kappa shape index (κ2) is 7.61.